The first-order valence-corrected chi connectivity index (χ1v) is 7.83. The molecule has 1 N–H and O–H groups in total. The van der Waals surface area contributed by atoms with E-state index in [0.717, 1.165) is 24.8 Å². The van der Waals surface area contributed by atoms with Crippen molar-refractivity contribution in [2.45, 2.75) is 57.7 Å². The summed E-state index contributed by atoms with van der Waals surface area (Å²) in [6.07, 6.45) is 8.91. The fraction of sp³-hybridized carbons (Fsp3) is 0.750. The second-order valence-corrected chi connectivity index (χ2v) is 6.27. The van der Waals surface area contributed by atoms with Gasteiger partial charge in [0.15, 0.2) is 0 Å². The summed E-state index contributed by atoms with van der Waals surface area (Å²) < 4.78 is 5.50. The van der Waals surface area contributed by atoms with Gasteiger partial charge in [-0.1, -0.05) is 19.3 Å². The van der Waals surface area contributed by atoms with Gasteiger partial charge in [0.1, 0.15) is 5.76 Å². The molecule has 0 bridgehead atoms. The lowest BCUT2D eigenvalue weighted by molar-refractivity contribution is 0.0918. The van der Waals surface area contributed by atoms with Crippen LogP contribution in [0.1, 0.15) is 44.8 Å². The zero-order chi connectivity index (χ0) is 13.1. The van der Waals surface area contributed by atoms with Crippen LogP contribution in [0, 0.1) is 5.92 Å². The van der Waals surface area contributed by atoms with E-state index in [4.69, 9.17) is 4.42 Å². The summed E-state index contributed by atoms with van der Waals surface area (Å²) in [5.41, 5.74) is 0. The summed E-state index contributed by atoms with van der Waals surface area (Å²) in [4.78, 5) is 2.58. The maximum atomic E-state index is 5.50. The molecule has 3 nitrogen and oxygen atoms in total. The van der Waals surface area contributed by atoms with E-state index >= 15 is 0 Å². The van der Waals surface area contributed by atoms with Gasteiger partial charge in [0.05, 0.1) is 12.8 Å². The number of hydrogen-bond donors (Lipinski definition) is 1. The minimum atomic E-state index is 0.602. The Morgan fingerprint density at radius 1 is 1.32 bits per heavy atom. The summed E-state index contributed by atoms with van der Waals surface area (Å²) in [5, 5.41) is 3.78. The Balaban J connectivity index is 1.59. The molecule has 2 atom stereocenters. The molecule has 0 spiro atoms. The van der Waals surface area contributed by atoms with E-state index in [1.807, 2.05) is 6.07 Å². The summed E-state index contributed by atoms with van der Waals surface area (Å²) in [5.74, 6) is 1.98. The fourth-order valence-electron chi connectivity index (χ4n) is 3.62. The van der Waals surface area contributed by atoms with Crippen LogP contribution >= 0.6 is 0 Å². The highest BCUT2D eigenvalue weighted by atomic mass is 16.3. The van der Waals surface area contributed by atoms with Crippen molar-refractivity contribution in [1.82, 2.24) is 10.2 Å². The van der Waals surface area contributed by atoms with Crippen LogP contribution in [-0.4, -0.2) is 30.1 Å². The first-order chi connectivity index (χ1) is 9.33. The molecule has 2 unspecified atom stereocenters. The van der Waals surface area contributed by atoms with Gasteiger partial charge < -0.3 is 9.73 Å². The largest absolute Gasteiger partial charge is 0.468 e. The molecule has 106 valence electrons. The molecule has 1 aromatic heterocycles. The average Bonchev–Trinajstić information content (AvgIpc) is 2.95. The van der Waals surface area contributed by atoms with Gasteiger partial charge in [0, 0.05) is 25.2 Å². The lowest BCUT2D eigenvalue weighted by Gasteiger charge is -2.42. The van der Waals surface area contributed by atoms with E-state index in [1.165, 1.54) is 38.6 Å². The molecule has 3 rings (SSSR count). The van der Waals surface area contributed by atoms with Crippen LogP contribution in [0.15, 0.2) is 22.8 Å². The minimum Gasteiger partial charge on any atom is -0.468 e. The monoisotopic (exact) mass is 262 g/mol. The number of rotatable bonds is 3. The second kappa shape index (κ2) is 6.10. The second-order valence-electron chi connectivity index (χ2n) is 6.27. The van der Waals surface area contributed by atoms with Crippen molar-refractivity contribution in [3.63, 3.8) is 0 Å². The minimum absolute atomic E-state index is 0.602. The van der Waals surface area contributed by atoms with Gasteiger partial charge in [0.2, 0.25) is 0 Å². The van der Waals surface area contributed by atoms with Crippen molar-refractivity contribution >= 4 is 0 Å². The van der Waals surface area contributed by atoms with Crippen molar-refractivity contribution in [3.8, 4) is 0 Å². The molecule has 1 saturated carbocycles. The predicted molar refractivity (Wildman–Crippen MR) is 76.9 cm³/mol. The predicted octanol–water partition coefficient (Wildman–Crippen LogP) is 3.02. The third-order valence-corrected chi connectivity index (χ3v) is 4.89. The van der Waals surface area contributed by atoms with E-state index in [-0.39, 0.29) is 0 Å². The van der Waals surface area contributed by atoms with E-state index in [9.17, 15) is 0 Å². The van der Waals surface area contributed by atoms with Gasteiger partial charge in [-0.3, -0.25) is 4.90 Å². The van der Waals surface area contributed by atoms with E-state index in [2.05, 4.69) is 23.2 Å². The van der Waals surface area contributed by atoms with Gasteiger partial charge in [-0.2, -0.15) is 0 Å². The SMILES string of the molecule is CC1CNC(C2CCCCC2)CN1Cc1ccco1. The highest BCUT2D eigenvalue weighted by Crippen LogP contribution is 2.28. The Hall–Kier alpha value is -0.800. The van der Waals surface area contributed by atoms with Crippen molar-refractivity contribution < 1.29 is 4.42 Å². The molecule has 2 heterocycles. The molecule has 2 aliphatic rings. The highest BCUT2D eigenvalue weighted by Gasteiger charge is 2.31. The molecule has 3 heteroatoms. The Labute approximate surface area is 116 Å². The van der Waals surface area contributed by atoms with E-state index in [1.54, 1.807) is 6.26 Å². The molecule has 19 heavy (non-hydrogen) atoms. The number of furan rings is 1. The number of nitrogens with one attached hydrogen (secondary N) is 1. The van der Waals surface area contributed by atoms with Crippen LogP contribution < -0.4 is 5.32 Å². The van der Waals surface area contributed by atoms with Crippen molar-refractivity contribution in [2.24, 2.45) is 5.92 Å². The highest BCUT2D eigenvalue weighted by molar-refractivity contribution is 5.00. The molecule has 1 aromatic rings. The van der Waals surface area contributed by atoms with Gasteiger partial charge in [-0.15, -0.1) is 0 Å². The Morgan fingerprint density at radius 3 is 2.89 bits per heavy atom. The normalized spacial score (nSPS) is 30.6. The fourth-order valence-corrected chi connectivity index (χ4v) is 3.62. The maximum Gasteiger partial charge on any atom is 0.117 e. The Bertz CT molecular complexity index is 370. The van der Waals surface area contributed by atoms with Gasteiger partial charge in [0.25, 0.3) is 0 Å². The zero-order valence-electron chi connectivity index (χ0n) is 12.0. The van der Waals surface area contributed by atoms with E-state index < -0.39 is 0 Å². The summed E-state index contributed by atoms with van der Waals surface area (Å²) in [7, 11) is 0. The molecule has 2 fully saturated rings. The summed E-state index contributed by atoms with van der Waals surface area (Å²) in [6.45, 7) is 5.56. The maximum absolute atomic E-state index is 5.50. The first-order valence-electron chi connectivity index (χ1n) is 7.83. The number of piperazine rings is 1. The quantitative estimate of drug-likeness (QED) is 0.907. The van der Waals surface area contributed by atoms with Crippen LogP contribution in [0.3, 0.4) is 0 Å². The molecule has 1 aliphatic heterocycles. The topological polar surface area (TPSA) is 28.4 Å². The summed E-state index contributed by atoms with van der Waals surface area (Å²) in [6, 6.07) is 5.36. The van der Waals surface area contributed by atoms with E-state index in [0.29, 0.717) is 12.1 Å². The van der Waals surface area contributed by atoms with Gasteiger partial charge >= 0.3 is 0 Å². The zero-order valence-corrected chi connectivity index (χ0v) is 12.0. The number of nitrogens with zero attached hydrogens (tertiary/aromatic N) is 1. The van der Waals surface area contributed by atoms with Gasteiger partial charge in [-0.25, -0.2) is 0 Å². The van der Waals surface area contributed by atoms with Crippen LogP contribution in [0.25, 0.3) is 0 Å². The van der Waals surface area contributed by atoms with Crippen molar-refractivity contribution in [3.05, 3.63) is 24.2 Å². The average molecular weight is 262 g/mol. The molecule has 0 radical (unpaired) electrons. The molecular weight excluding hydrogens is 236 g/mol. The standard InChI is InChI=1S/C16H26N2O/c1-13-10-17-16(14-6-3-2-4-7-14)12-18(13)11-15-8-5-9-19-15/h5,8-9,13-14,16-17H,2-4,6-7,10-12H2,1H3. The van der Waals surface area contributed by atoms with Crippen LogP contribution in [0.5, 0.6) is 0 Å². The lowest BCUT2D eigenvalue weighted by atomic mass is 9.82. The summed E-state index contributed by atoms with van der Waals surface area (Å²) >= 11 is 0. The van der Waals surface area contributed by atoms with Crippen LogP contribution in [0.2, 0.25) is 0 Å². The molecule has 0 aromatic carbocycles. The lowest BCUT2D eigenvalue weighted by Crippen LogP contribution is -2.57. The van der Waals surface area contributed by atoms with Crippen molar-refractivity contribution in [2.75, 3.05) is 13.1 Å². The third-order valence-electron chi connectivity index (χ3n) is 4.89. The first kappa shape index (κ1) is 13.2. The molecule has 1 saturated heterocycles. The number of hydrogen-bond acceptors (Lipinski definition) is 3. The molecule has 0 amide bonds. The Morgan fingerprint density at radius 2 is 2.16 bits per heavy atom. The van der Waals surface area contributed by atoms with Crippen LogP contribution in [-0.2, 0) is 6.54 Å². The van der Waals surface area contributed by atoms with Crippen molar-refractivity contribution in [1.29, 1.82) is 0 Å². The smallest absolute Gasteiger partial charge is 0.117 e. The van der Waals surface area contributed by atoms with Crippen LogP contribution in [0.4, 0.5) is 0 Å². The van der Waals surface area contributed by atoms with Gasteiger partial charge in [-0.05, 0) is 37.8 Å². The Kier molecular flexibility index (Phi) is 4.24. The third kappa shape index (κ3) is 3.21. The molecule has 1 aliphatic carbocycles. The molecular formula is C16H26N2O.